The molecule has 0 saturated heterocycles. The Morgan fingerprint density at radius 2 is 1.46 bits per heavy atom. The monoisotopic (exact) mass is 357 g/mol. The predicted octanol–water partition coefficient (Wildman–Crippen LogP) is 3.04. The van der Waals surface area contributed by atoms with Crippen molar-refractivity contribution in [2.75, 3.05) is 14.1 Å². The Morgan fingerprint density at radius 3 is 2.00 bits per heavy atom. The fraction of sp³-hybridized carbons (Fsp3) is 0.200. The van der Waals surface area contributed by atoms with Crippen LogP contribution in [0.5, 0.6) is 5.75 Å². The first-order valence-electron chi connectivity index (χ1n) is 7.91. The molecule has 2 aromatic carbocycles. The smallest absolute Gasteiger partial charge is 0.328 e. The average molecular weight is 357 g/mol. The van der Waals surface area contributed by atoms with Gasteiger partial charge in [0.25, 0.3) is 0 Å². The summed E-state index contributed by atoms with van der Waals surface area (Å²) >= 11 is 0. The zero-order valence-electron chi connectivity index (χ0n) is 14.8. The molecule has 0 amide bonds. The summed E-state index contributed by atoms with van der Waals surface area (Å²) in [6.45, 7) is 1.51. The van der Waals surface area contributed by atoms with E-state index in [1.807, 2.05) is 36.4 Å². The second-order valence-electron chi connectivity index (χ2n) is 5.63. The van der Waals surface area contributed by atoms with E-state index in [0.29, 0.717) is 18.8 Å². The molecule has 2 rings (SSSR count). The van der Waals surface area contributed by atoms with Crippen LogP contribution in [-0.2, 0) is 22.7 Å². The van der Waals surface area contributed by atoms with Gasteiger partial charge in [-0.2, -0.15) is 0 Å². The van der Waals surface area contributed by atoms with E-state index < -0.39 is 11.9 Å². The summed E-state index contributed by atoms with van der Waals surface area (Å²) in [5, 5.41) is 15.6. The fourth-order valence-electron chi connectivity index (χ4n) is 1.99. The lowest BCUT2D eigenvalue weighted by molar-refractivity contribution is -0.134. The van der Waals surface area contributed by atoms with Gasteiger partial charge in [-0.05, 0) is 25.7 Å². The molecular weight excluding hydrogens is 334 g/mol. The number of rotatable bonds is 7. The molecule has 0 radical (unpaired) electrons. The van der Waals surface area contributed by atoms with Gasteiger partial charge in [0.2, 0.25) is 0 Å². The summed E-state index contributed by atoms with van der Waals surface area (Å²) in [6, 6.07) is 18.4. The van der Waals surface area contributed by atoms with E-state index in [4.69, 9.17) is 14.9 Å². The molecular formula is C20H23NO5. The number of carbonyl (C=O) groups is 2. The number of para-hydroxylation sites is 1. The number of nitrogens with zero attached hydrogens (tertiary/aromatic N) is 1. The summed E-state index contributed by atoms with van der Waals surface area (Å²) in [5.74, 6) is -1.55. The van der Waals surface area contributed by atoms with Crippen LogP contribution in [0, 0.1) is 0 Å². The maximum Gasteiger partial charge on any atom is 0.328 e. The van der Waals surface area contributed by atoms with E-state index in [1.165, 1.54) is 11.1 Å². The van der Waals surface area contributed by atoms with E-state index >= 15 is 0 Å². The van der Waals surface area contributed by atoms with Gasteiger partial charge in [-0.15, -0.1) is 0 Å². The first kappa shape index (κ1) is 20.9. The third-order valence-electron chi connectivity index (χ3n) is 3.06. The van der Waals surface area contributed by atoms with Crippen molar-refractivity contribution in [2.45, 2.75) is 13.2 Å². The summed E-state index contributed by atoms with van der Waals surface area (Å²) in [7, 11) is 4.13. The van der Waals surface area contributed by atoms with Crippen LogP contribution in [-0.4, -0.2) is 41.1 Å². The van der Waals surface area contributed by atoms with Gasteiger partial charge in [-0.3, -0.25) is 0 Å². The summed E-state index contributed by atoms with van der Waals surface area (Å²) in [6.07, 6.45) is 1.12. The van der Waals surface area contributed by atoms with Gasteiger partial charge in [-0.1, -0.05) is 48.5 Å². The molecule has 26 heavy (non-hydrogen) atoms. The SMILES string of the molecule is CN(C)Cc1ccccc1OCc1ccccc1.O=C(O)C=CC(=O)O. The van der Waals surface area contributed by atoms with Gasteiger partial charge < -0.3 is 19.8 Å². The number of hydrogen-bond donors (Lipinski definition) is 2. The zero-order valence-corrected chi connectivity index (χ0v) is 14.8. The van der Waals surface area contributed by atoms with Crippen LogP contribution in [0.2, 0.25) is 0 Å². The molecule has 0 bridgehead atoms. The average Bonchev–Trinajstić information content (AvgIpc) is 2.60. The van der Waals surface area contributed by atoms with Gasteiger partial charge in [0.15, 0.2) is 0 Å². The molecule has 2 aromatic rings. The quantitative estimate of drug-likeness (QED) is 0.741. The number of carboxylic acids is 2. The molecule has 0 fully saturated rings. The van der Waals surface area contributed by atoms with Crippen molar-refractivity contribution in [3.63, 3.8) is 0 Å². The van der Waals surface area contributed by atoms with Gasteiger partial charge in [0.1, 0.15) is 12.4 Å². The lowest BCUT2D eigenvalue weighted by atomic mass is 10.2. The molecule has 2 N–H and O–H groups in total. The van der Waals surface area contributed by atoms with Crippen molar-refractivity contribution in [3.8, 4) is 5.75 Å². The van der Waals surface area contributed by atoms with Crippen LogP contribution in [0.3, 0.4) is 0 Å². The Hall–Kier alpha value is -3.12. The standard InChI is InChI=1S/C16H19NO.C4H4O4/c1-17(2)12-15-10-6-7-11-16(15)18-13-14-8-4-3-5-9-14;5-3(6)1-2-4(7)8/h3-11H,12-13H2,1-2H3;1-2H,(H,5,6)(H,7,8). The van der Waals surface area contributed by atoms with Crippen LogP contribution in [0.1, 0.15) is 11.1 Å². The highest BCUT2D eigenvalue weighted by molar-refractivity contribution is 5.89. The topological polar surface area (TPSA) is 87.1 Å². The van der Waals surface area contributed by atoms with Gasteiger partial charge in [-0.25, -0.2) is 9.59 Å². The molecule has 0 aliphatic rings. The first-order chi connectivity index (χ1) is 12.4. The number of benzene rings is 2. The highest BCUT2D eigenvalue weighted by atomic mass is 16.5. The van der Waals surface area contributed by atoms with Crippen molar-refractivity contribution in [1.29, 1.82) is 0 Å². The second kappa shape index (κ2) is 11.4. The van der Waals surface area contributed by atoms with Crippen molar-refractivity contribution in [3.05, 3.63) is 77.9 Å². The van der Waals surface area contributed by atoms with E-state index in [9.17, 15) is 9.59 Å². The normalized spacial score (nSPS) is 10.3. The lowest BCUT2D eigenvalue weighted by Gasteiger charge is -2.14. The zero-order chi connectivity index (χ0) is 19.4. The minimum Gasteiger partial charge on any atom is -0.489 e. The number of ether oxygens (including phenoxy) is 1. The van der Waals surface area contributed by atoms with Crippen LogP contribution >= 0.6 is 0 Å². The molecule has 0 saturated carbocycles. The summed E-state index contributed by atoms with van der Waals surface area (Å²) < 4.78 is 5.90. The molecule has 138 valence electrons. The fourth-order valence-corrected chi connectivity index (χ4v) is 1.99. The number of carboxylic acid groups (broad SMARTS) is 2. The van der Waals surface area contributed by atoms with Crippen molar-refractivity contribution < 1.29 is 24.5 Å². The minimum atomic E-state index is -1.26. The molecule has 6 heteroatoms. The minimum absolute atomic E-state index is 0.558. The molecule has 0 heterocycles. The van der Waals surface area contributed by atoms with Crippen molar-refractivity contribution in [1.82, 2.24) is 4.90 Å². The number of hydrogen-bond acceptors (Lipinski definition) is 4. The molecule has 0 atom stereocenters. The van der Waals surface area contributed by atoms with E-state index in [1.54, 1.807) is 0 Å². The molecule has 0 aliphatic heterocycles. The van der Waals surface area contributed by atoms with Crippen LogP contribution in [0.25, 0.3) is 0 Å². The predicted molar refractivity (Wildman–Crippen MR) is 99.0 cm³/mol. The maximum absolute atomic E-state index is 9.55. The second-order valence-corrected chi connectivity index (χ2v) is 5.63. The van der Waals surface area contributed by atoms with Crippen molar-refractivity contribution in [2.24, 2.45) is 0 Å². The highest BCUT2D eigenvalue weighted by Gasteiger charge is 2.04. The molecule has 0 aliphatic carbocycles. The van der Waals surface area contributed by atoms with Crippen LogP contribution < -0.4 is 4.74 Å². The summed E-state index contributed by atoms with van der Waals surface area (Å²) in [5.41, 5.74) is 2.41. The Kier molecular flexibility index (Phi) is 9.20. The van der Waals surface area contributed by atoms with Crippen LogP contribution in [0.4, 0.5) is 0 Å². The van der Waals surface area contributed by atoms with Crippen LogP contribution in [0.15, 0.2) is 66.7 Å². The van der Waals surface area contributed by atoms with Gasteiger partial charge in [0.05, 0.1) is 0 Å². The van der Waals surface area contributed by atoms with E-state index in [0.717, 1.165) is 12.3 Å². The van der Waals surface area contributed by atoms with E-state index in [2.05, 4.69) is 37.2 Å². The molecule has 6 nitrogen and oxygen atoms in total. The van der Waals surface area contributed by atoms with Gasteiger partial charge >= 0.3 is 11.9 Å². The summed E-state index contributed by atoms with van der Waals surface area (Å²) in [4.78, 5) is 21.3. The van der Waals surface area contributed by atoms with Gasteiger partial charge in [0, 0.05) is 24.3 Å². The lowest BCUT2D eigenvalue weighted by Crippen LogP contribution is -2.11. The molecule has 0 aromatic heterocycles. The Bertz CT molecular complexity index is 710. The first-order valence-corrected chi connectivity index (χ1v) is 7.91. The van der Waals surface area contributed by atoms with E-state index in [-0.39, 0.29) is 0 Å². The third-order valence-corrected chi connectivity index (χ3v) is 3.06. The molecule has 0 spiro atoms. The van der Waals surface area contributed by atoms with Crippen molar-refractivity contribution >= 4 is 11.9 Å². The third kappa shape index (κ3) is 9.24. The Balaban J connectivity index is 0.000000359. The maximum atomic E-state index is 9.55. The Morgan fingerprint density at radius 1 is 0.923 bits per heavy atom. The Labute approximate surface area is 153 Å². The molecule has 0 unspecified atom stereocenters. The highest BCUT2D eigenvalue weighted by Crippen LogP contribution is 2.20. The number of aliphatic carboxylic acids is 2. The largest absolute Gasteiger partial charge is 0.489 e.